The number of hydrogen-bond acceptors (Lipinski definition) is 2. The van der Waals surface area contributed by atoms with Crippen molar-refractivity contribution < 1.29 is 0 Å². The first kappa shape index (κ1) is 11.7. The van der Waals surface area contributed by atoms with Crippen LogP contribution in [0.15, 0.2) is 5.57 Å². The molecule has 1 saturated carbocycles. The summed E-state index contributed by atoms with van der Waals surface area (Å²) < 4.78 is 1.85. The third-order valence-electron chi connectivity index (χ3n) is 3.20. The van der Waals surface area contributed by atoms with E-state index in [0.29, 0.717) is 6.04 Å². The maximum atomic E-state index is 6.21. The number of nitrogens with zero attached hydrogens (tertiary/aromatic N) is 2. The third kappa shape index (κ3) is 2.30. The lowest BCUT2D eigenvalue weighted by Crippen LogP contribution is -2.23. The summed E-state index contributed by atoms with van der Waals surface area (Å²) in [5, 5.41) is 5.07. The molecule has 2 N–H and O–H groups in total. The van der Waals surface area contributed by atoms with Crippen molar-refractivity contribution in [3.63, 3.8) is 0 Å². The van der Waals surface area contributed by atoms with Gasteiger partial charge in [0.15, 0.2) is 0 Å². The molecule has 0 atom stereocenters. The van der Waals surface area contributed by atoms with Gasteiger partial charge in [0.05, 0.1) is 16.4 Å². The maximum absolute atomic E-state index is 6.21. The predicted molar refractivity (Wildman–Crippen MR) is 67.4 cm³/mol. The van der Waals surface area contributed by atoms with Crippen LogP contribution < -0.4 is 5.73 Å². The summed E-state index contributed by atoms with van der Waals surface area (Å²) in [6, 6.07) is 0.376. The monoisotopic (exact) mass is 239 g/mol. The van der Waals surface area contributed by atoms with E-state index in [4.69, 9.17) is 17.3 Å². The lowest BCUT2D eigenvalue weighted by Gasteiger charge is -2.20. The molecule has 0 saturated heterocycles. The molecule has 4 heteroatoms. The predicted octanol–water partition coefficient (Wildman–Crippen LogP) is 2.67. The number of hydrogen-bond donors (Lipinski definition) is 1. The van der Waals surface area contributed by atoms with E-state index in [1.165, 1.54) is 5.57 Å². The smallest absolute Gasteiger partial charge is 0.0888 e. The largest absolute Gasteiger partial charge is 0.328 e. The quantitative estimate of drug-likeness (QED) is 0.819. The van der Waals surface area contributed by atoms with Gasteiger partial charge in [0, 0.05) is 13.1 Å². The number of nitrogens with two attached hydrogens (primary N) is 1. The number of aryl methyl sites for hydroxylation is 2. The molecule has 0 radical (unpaired) electrons. The van der Waals surface area contributed by atoms with Gasteiger partial charge in [-0.1, -0.05) is 17.2 Å². The molecule has 0 amide bonds. The van der Waals surface area contributed by atoms with Gasteiger partial charge in [-0.25, -0.2) is 0 Å². The number of allylic oxidation sites excluding steroid dienone is 1. The second-order valence-corrected chi connectivity index (χ2v) is 4.93. The van der Waals surface area contributed by atoms with Crippen LogP contribution in [0.5, 0.6) is 0 Å². The van der Waals surface area contributed by atoms with Crippen molar-refractivity contribution in [2.45, 2.75) is 38.6 Å². The molecule has 1 aromatic rings. The van der Waals surface area contributed by atoms with Crippen LogP contribution in [-0.2, 0) is 7.05 Å². The topological polar surface area (TPSA) is 43.8 Å². The lowest BCUT2D eigenvalue weighted by atomic mass is 9.91. The summed E-state index contributed by atoms with van der Waals surface area (Å²) in [7, 11) is 1.93. The van der Waals surface area contributed by atoms with Gasteiger partial charge in [0.2, 0.25) is 0 Å². The van der Waals surface area contributed by atoms with Crippen molar-refractivity contribution in [3.8, 4) is 0 Å². The van der Waals surface area contributed by atoms with E-state index in [9.17, 15) is 0 Å². The zero-order valence-electron chi connectivity index (χ0n) is 9.83. The van der Waals surface area contributed by atoms with E-state index < -0.39 is 0 Å². The van der Waals surface area contributed by atoms with E-state index in [1.54, 1.807) is 0 Å². The molecule has 0 spiro atoms. The van der Waals surface area contributed by atoms with Crippen LogP contribution in [0.3, 0.4) is 0 Å². The Hall–Kier alpha value is -0.800. The van der Waals surface area contributed by atoms with Crippen molar-refractivity contribution in [2.24, 2.45) is 12.8 Å². The van der Waals surface area contributed by atoms with Gasteiger partial charge in [0.1, 0.15) is 0 Å². The van der Waals surface area contributed by atoms with E-state index in [-0.39, 0.29) is 0 Å². The molecule has 1 heterocycles. The Kier molecular flexibility index (Phi) is 3.36. The average Bonchev–Trinajstić information content (AvgIpc) is 2.48. The van der Waals surface area contributed by atoms with Gasteiger partial charge in [-0.15, -0.1) is 0 Å². The lowest BCUT2D eigenvalue weighted by molar-refractivity contribution is 0.514. The highest BCUT2D eigenvalue weighted by Crippen LogP contribution is 2.28. The molecule has 0 unspecified atom stereocenters. The Labute approximate surface area is 101 Å². The fourth-order valence-corrected chi connectivity index (χ4v) is 2.37. The first-order chi connectivity index (χ1) is 7.58. The highest BCUT2D eigenvalue weighted by Gasteiger charge is 2.15. The van der Waals surface area contributed by atoms with E-state index in [2.05, 4.69) is 11.2 Å². The molecule has 3 nitrogen and oxygen atoms in total. The fourth-order valence-electron chi connectivity index (χ4n) is 2.16. The second-order valence-electron chi connectivity index (χ2n) is 4.55. The highest BCUT2D eigenvalue weighted by atomic mass is 35.5. The minimum Gasteiger partial charge on any atom is -0.328 e. The summed E-state index contributed by atoms with van der Waals surface area (Å²) in [4.78, 5) is 0. The van der Waals surface area contributed by atoms with Crippen molar-refractivity contribution in [1.29, 1.82) is 0 Å². The minimum absolute atomic E-state index is 0.376. The molecule has 0 aromatic carbocycles. The van der Waals surface area contributed by atoms with Gasteiger partial charge < -0.3 is 5.73 Å². The summed E-state index contributed by atoms with van der Waals surface area (Å²) in [6.45, 7) is 1.93. The van der Waals surface area contributed by atoms with Crippen LogP contribution >= 0.6 is 11.6 Å². The molecule has 1 aromatic heterocycles. The second kappa shape index (κ2) is 4.60. The fraction of sp³-hybridized carbons (Fsp3) is 0.583. The van der Waals surface area contributed by atoms with Crippen molar-refractivity contribution in [1.82, 2.24) is 9.78 Å². The zero-order chi connectivity index (χ0) is 11.7. The Balaban J connectivity index is 2.22. The summed E-state index contributed by atoms with van der Waals surface area (Å²) in [5.41, 5.74) is 9.23. The Morgan fingerprint density at radius 1 is 1.44 bits per heavy atom. The van der Waals surface area contributed by atoms with E-state index >= 15 is 0 Å². The van der Waals surface area contributed by atoms with Crippen LogP contribution in [0, 0.1) is 6.92 Å². The van der Waals surface area contributed by atoms with Gasteiger partial charge in [-0.2, -0.15) is 5.10 Å². The molecule has 1 aliphatic carbocycles. The summed E-state index contributed by atoms with van der Waals surface area (Å²) in [6.07, 6.45) is 6.51. The normalized spacial score (nSPS) is 21.2. The van der Waals surface area contributed by atoms with Crippen LogP contribution in [0.2, 0.25) is 5.02 Å². The first-order valence-electron chi connectivity index (χ1n) is 5.72. The molecule has 0 bridgehead atoms. The summed E-state index contributed by atoms with van der Waals surface area (Å²) >= 11 is 6.21. The molecule has 0 aliphatic heterocycles. The SMILES string of the molecule is Cc1nn(C)c(C=C2CCC(N)CC2)c1Cl. The molecule has 1 aliphatic rings. The van der Waals surface area contributed by atoms with Crippen molar-refractivity contribution in [2.75, 3.05) is 0 Å². The van der Waals surface area contributed by atoms with Gasteiger partial charge >= 0.3 is 0 Å². The molecule has 16 heavy (non-hydrogen) atoms. The van der Waals surface area contributed by atoms with Crippen LogP contribution in [0.4, 0.5) is 0 Å². The summed E-state index contributed by atoms with van der Waals surface area (Å²) in [5.74, 6) is 0. The molecular weight excluding hydrogens is 222 g/mol. The van der Waals surface area contributed by atoms with E-state index in [0.717, 1.165) is 42.1 Å². The average molecular weight is 240 g/mol. The van der Waals surface area contributed by atoms with Gasteiger partial charge in [-0.3, -0.25) is 4.68 Å². The number of halogens is 1. The van der Waals surface area contributed by atoms with E-state index in [1.807, 2.05) is 18.7 Å². The van der Waals surface area contributed by atoms with Crippen LogP contribution in [-0.4, -0.2) is 15.8 Å². The zero-order valence-corrected chi connectivity index (χ0v) is 10.6. The van der Waals surface area contributed by atoms with Crippen LogP contribution in [0.1, 0.15) is 37.1 Å². The van der Waals surface area contributed by atoms with Crippen molar-refractivity contribution >= 4 is 17.7 Å². The first-order valence-corrected chi connectivity index (χ1v) is 6.10. The Morgan fingerprint density at radius 3 is 2.56 bits per heavy atom. The molecule has 2 rings (SSSR count). The molecular formula is C12H18ClN3. The number of rotatable bonds is 1. The Morgan fingerprint density at radius 2 is 2.06 bits per heavy atom. The van der Waals surface area contributed by atoms with Crippen molar-refractivity contribution in [3.05, 3.63) is 22.0 Å². The maximum Gasteiger partial charge on any atom is 0.0888 e. The highest BCUT2D eigenvalue weighted by molar-refractivity contribution is 6.32. The van der Waals surface area contributed by atoms with Crippen LogP contribution in [0.25, 0.3) is 6.08 Å². The molecule has 1 fully saturated rings. The van der Waals surface area contributed by atoms with Gasteiger partial charge in [0.25, 0.3) is 0 Å². The Bertz CT molecular complexity index is 410. The molecule has 88 valence electrons. The minimum atomic E-state index is 0.376. The standard InChI is InChI=1S/C12H18ClN3/c1-8-12(13)11(16(2)15-8)7-9-3-5-10(14)6-4-9/h7,10H,3-6,14H2,1-2H3. The third-order valence-corrected chi connectivity index (χ3v) is 3.67. The number of aromatic nitrogens is 2. The van der Waals surface area contributed by atoms with Gasteiger partial charge in [-0.05, 0) is 38.7 Å².